The van der Waals surface area contributed by atoms with E-state index in [1.165, 1.54) is 6.07 Å². The highest BCUT2D eigenvalue weighted by atomic mass is 35.5. The average Bonchev–Trinajstić information content (AvgIpc) is 2.62. The minimum Gasteiger partial charge on any atom is -0.413 e. The molecule has 0 fully saturated rings. The second kappa shape index (κ2) is 9.48. The van der Waals surface area contributed by atoms with Crippen LogP contribution >= 0.6 is 11.6 Å². The smallest absolute Gasteiger partial charge is 0.192 e. The van der Waals surface area contributed by atoms with Crippen molar-refractivity contribution in [2.45, 2.75) is 65.5 Å². The van der Waals surface area contributed by atoms with Gasteiger partial charge in [0.2, 0.25) is 0 Å². The molecule has 0 radical (unpaired) electrons. The van der Waals surface area contributed by atoms with Crippen molar-refractivity contribution in [1.82, 2.24) is 9.88 Å². The summed E-state index contributed by atoms with van der Waals surface area (Å²) < 4.78 is 20.3. The third-order valence-corrected chi connectivity index (χ3v) is 10.4. The molecule has 6 heteroatoms. The molecule has 1 aromatic heterocycles. The van der Waals surface area contributed by atoms with Crippen molar-refractivity contribution in [2.75, 3.05) is 6.54 Å². The van der Waals surface area contributed by atoms with Crippen LogP contribution in [0.2, 0.25) is 23.2 Å². The lowest BCUT2D eigenvalue weighted by Crippen LogP contribution is -2.40. The van der Waals surface area contributed by atoms with Gasteiger partial charge in [0.1, 0.15) is 5.82 Å². The van der Waals surface area contributed by atoms with E-state index < -0.39 is 8.32 Å². The van der Waals surface area contributed by atoms with Crippen molar-refractivity contribution in [3.8, 4) is 0 Å². The van der Waals surface area contributed by atoms with Crippen LogP contribution in [0.3, 0.4) is 0 Å². The Hall–Kier alpha value is -1.27. The van der Waals surface area contributed by atoms with Crippen molar-refractivity contribution in [2.24, 2.45) is 0 Å². The maximum atomic E-state index is 14.1. The molecular weight excluding hydrogens is 391 g/mol. The number of benzene rings is 1. The van der Waals surface area contributed by atoms with E-state index in [-0.39, 0.29) is 10.9 Å². The van der Waals surface area contributed by atoms with Crippen molar-refractivity contribution in [3.05, 3.63) is 64.2 Å². The lowest BCUT2D eigenvalue weighted by Gasteiger charge is -2.36. The van der Waals surface area contributed by atoms with Gasteiger partial charge in [0.25, 0.3) is 0 Å². The van der Waals surface area contributed by atoms with Gasteiger partial charge in [0.05, 0.1) is 12.3 Å². The fourth-order valence-corrected chi connectivity index (χ4v) is 3.71. The van der Waals surface area contributed by atoms with E-state index >= 15 is 0 Å². The summed E-state index contributed by atoms with van der Waals surface area (Å²) in [5.74, 6) is -0.267. The van der Waals surface area contributed by atoms with Gasteiger partial charge in [-0.25, -0.2) is 4.39 Å². The van der Waals surface area contributed by atoms with Crippen molar-refractivity contribution in [3.63, 3.8) is 0 Å². The van der Waals surface area contributed by atoms with Crippen LogP contribution in [0.5, 0.6) is 0 Å². The molecular formula is C22H32ClFN2OSi. The molecule has 0 aliphatic carbocycles. The Labute approximate surface area is 175 Å². The molecule has 154 valence electrons. The minimum atomic E-state index is -1.77. The Morgan fingerprint density at radius 2 is 1.86 bits per heavy atom. The molecule has 0 unspecified atom stereocenters. The van der Waals surface area contributed by atoms with E-state index in [1.54, 1.807) is 12.1 Å². The molecule has 0 saturated carbocycles. The predicted molar refractivity (Wildman–Crippen MR) is 117 cm³/mol. The van der Waals surface area contributed by atoms with Crippen LogP contribution in [-0.4, -0.2) is 24.7 Å². The number of nitrogens with zero attached hydrogens (tertiary/aromatic N) is 2. The zero-order valence-corrected chi connectivity index (χ0v) is 19.6. The summed E-state index contributed by atoms with van der Waals surface area (Å²) in [5.41, 5.74) is 2.56. The summed E-state index contributed by atoms with van der Waals surface area (Å²) in [7, 11) is -1.77. The van der Waals surface area contributed by atoms with Crippen LogP contribution in [0.15, 0.2) is 36.5 Å². The summed E-state index contributed by atoms with van der Waals surface area (Å²) in [6, 6.07) is 8.90. The quantitative estimate of drug-likeness (QED) is 0.459. The Morgan fingerprint density at radius 3 is 2.39 bits per heavy atom. The summed E-state index contributed by atoms with van der Waals surface area (Å²) in [6.45, 7) is 15.7. The SMILES string of the molecule is CCN(Cc1ccc(CO[Si](C)(C)C(C)(C)C)cn1)Cc1c(F)cccc1Cl. The van der Waals surface area contributed by atoms with Gasteiger partial charge in [-0.05, 0) is 48.4 Å². The van der Waals surface area contributed by atoms with Gasteiger partial charge in [-0.1, -0.05) is 51.4 Å². The van der Waals surface area contributed by atoms with Crippen molar-refractivity contribution in [1.29, 1.82) is 0 Å². The van der Waals surface area contributed by atoms with Crippen LogP contribution in [0, 0.1) is 5.82 Å². The van der Waals surface area contributed by atoms with E-state index in [0.29, 0.717) is 30.3 Å². The first-order chi connectivity index (χ1) is 13.0. The lowest BCUT2D eigenvalue weighted by atomic mass is 10.2. The fraction of sp³-hybridized carbons (Fsp3) is 0.500. The molecule has 0 saturated heterocycles. The first kappa shape index (κ1) is 23.0. The fourth-order valence-electron chi connectivity index (χ4n) is 2.53. The van der Waals surface area contributed by atoms with Gasteiger partial charge in [0.15, 0.2) is 8.32 Å². The first-order valence-corrected chi connectivity index (χ1v) is 13.0. The largest absolute Gasteiger partial charge is 0.413 e. The van der Waals surface area contributed by atoms with E-state index in [4.69, 9.17) is 16.0 Å². The van der Waals surface area contributed by atoms with E-state index in [1.807, 2.05) is 12.3 Å². The monoisotopic (exact) mass is 422 g/mol. The third-order valence-electron chi connectivity index (χ3n) is 5.57. The molecule has 0 aliphatic heterocycles. The molecule has 0 aliphatic rings. The van der Waals surface area contributed by atoms with Crippen LogP contribution in [0.4, 0.5) is 4.39 Å². The van der Waals surface area contributed by atoms with Gasteiger partial charge in [0, 0.05) is 29.9 Å². The number of hydrogen-bond acceptors (Lipinski definition) is 3. The van der Waals surface area contributed by atoms with Gasteiger partial charge in [-0.3, -0.25) is 9.88 Å². The molecule has 0 spiro atoms. The number of halogens is 2. The van der Waals surface area contributed by atoms with Gasteiger partial charge in [-0.2, -0.15) is 0 Å². The molecule has 1 aromatic carbocycles. The second-order valence-electron chi connectivity index (χ2n) is 8.71. The van der Waals surface area contributed by atoms with E-state index in [2.05, 4.69) is 56.7 Å². The molecule has 3 nitrogen and oxygen atoms in total. The maximum Gasteiger partial charge on any atom is 0.192 e. The number of pyridine rings is 1. The van der Waals surface area contributed by atoms with Gasteiger partial charge >= 0.3 is 0 Å². The molecule has 2 aromatic rings. The Kier molecular flexibility index (Phi) is 7.79. The lowest BCUT2D eigenvalue weighted by molar-refractivity contribution is 0.263. The Balaban J connectivity index is 1.99. The Morgan fingerprint density at radius 1 is 1.14 bits per heavy atom. The normalized spacial score (nSPS) is 12.6. The predicted octanol–water partition coefficient (Wildman–Crippen LogP) is 6.42. The van der Waals surface area contributed by atoms with Crippen LogP contribution in [0.25, 0.3) is 0 Å². The average molecular weight is 423 g/mol. The molecule has 2 rings (SSSR count). The van der Waals surface area contributed by atoms with Gasteiger partial charge < -0.3 is 4.43 Å². The van der Waals surface area contributed by atoms with Crippen molar-refractivity contribution < 1.29 is 8.82 Å². The summed E-state index contributed by atoms with van der Waals surface area (Å²) in [4.78, 5) is 6.71. The number of aromatic nitrogens is 1. The molecule has 28 heavy (non-hydrogen) atoms. The minimum absolute atomic E-state index is 0.190. The summed E-state index contributed by atoms with van der Waals surface area (Å²) >= 11 is 6.16. The third kappa shape index (κ3) is 6.11. The van der Waals surface area contributed by atoms with E-state index in [9.17, 15) is 4.39 Å². The van der Waals surface area contributed by atoms with Gasteiger partial charge in [-0.15, -0.1) is 0 Å². The zero-order chi connectivity index (χ0) is 20.9. The highest BCUT2D eigenvalue weighted by molar-refractivity contribution is 6.74. The summed E-state index contributed by atoms with van der Waals surface area (Å²) in [6.07, 6.45) is 1.88. The van der Waals surface area contributed by atoms with E-state index in [0.717, 1.165) is 17.8 Å². The standard InChI is InChI=1S/C22H32ClFN2OSi/c1-7-26(15-19-20(23)9-8-10-21(19)24)14-18-12-11-17(13-25-18)16-27-28(5,6)22(2,3)4/h8-13H,7,14-16H2,1-6H3. The summed E-state index contributed by atoms with van der Waals surface area (Å²) in [5, 5.41) is 0.653. The number of hydrogen-bond donors (Lipinski definition) is 0. The molecule has 0 N–H and O–H groups in total. The zero-order valence-electron chi connectivity index (χ0n) is 17.9. The Bertz CT molecular complexity index is 755. The molecule has 0 bridgehead atoms. The highest BCUT2D eigenvalue weighted by Gasteiger charge is 2.37. The van der Waals surface area contributed by atoms with Crippen LogP contribution in [0.1, 0.15) is 44.5 Å². The maximum absolute atomic E-state index is 14.1. The topological polar surface area (TPSA) is 25.4 Å². The molecule has 0 amide bonds. The highest BCUT2D eigenvalue weighted by Crippen LogP contribution is 2.37. The number of rotatable bonds is 8. The molecule has 1 heterocycles. The second-order valence-corrected chi connectivity index (χ2v) is 13.9. The van der Waals surface area contributed by atoms with Crippen molar-refractivity contribution >= 4 is 19.9 Å². The molecule has 0 atom stereocenters. The van der Waals surface area contributed by atoms with Crippen LogP contribution in [-0.2, 0) is 24.1 Å². The first-order valence-electron chi connectivity index (χ1n) is 9.76. The van der Waals surface area contributed by atoms with Crippen LogP contribution < -0.4 is 0 Å².